The number of esters is 2. The Labute approximate surface area is 174 Å². The van der Waals surface area contributed by atoms with Gasteiger partial charge in [-0.05, 0) is 63.3 Å². The summed E-state index contributed by atoms with van der Waals surface area (Å²) < 4.78 is 11.9. The normalized spacial score (nSPS) is 13.2. The minimum atomic E-state index is -0.537. The van der Waals surface area contributed by atoms with Crippen molar-refractivity contribution in [2.45, 2.75) is 46.1 Å². The van der Waals surface area contributed by atoms with Crippen LogP contribution in [0, 0.1) is 6.92 Å². The summed E-state index contributed by atoms with van der Waals surface area (Å²) in [5.41, 5.74) is 2.50. The van der Waals surface area contributed by atoms with Gasteiger partial charge in [0, 0.05) is 22.3 Å². The van der Waals surface area contributed by atoms with Crippen LogP contribution in [0.5, 0.6) is 0 Å². The molecule has 1 fully saturated rings. The van der Waals surface area contributed by atoms with E-state index in [1.54, 1.807) is 38.2 Å². The van der Waals surface area contributed by atoms with E-state index in [0.29, 0.717) is 21.7 Å². The Balaban J connectivity index is 2.02. The maximum absolute atomic E-state index is 12.9. The van der Waals surface area contributed by atoms with E-state index < -0.39 is 11.9 Å². The Morgan fingerprint density at radius 2 is 1.76 bits per heavy atom. The minimum absolute atomic E-state index is 0.0889. The van der Waals surface area contributed by atoms with Gasteiger partial charge in [-0.25, -0.2) is 9.59 Å². The molecule has 0 aliphatic heterocycles. The van der Waals surface area contributed by atoms with Gasteiger partial charge in [0.1, 0.15) is 5.69 Å². The Kier molecular flexibility index (Phi) is 6.42. The molecule has 0 amide bonds. The SMILES string of the molecule is CCOC(=O)c1cn(CC(=O)c2ccc(Cl)c(C)c2)c(C(=O)OCC)c1C1CC1. The Hall–Kier alpha value is -2.60. The van der Waals surface area contributed by atoms with Gasteiger partial charge in [0.05, 0.1) is 25.3 Å². The maximum atomic E-state index is 12.9. The monoisotopic (exact) mass is 417 g/mol. The van der Waals surface area contributed by atoms with Gasteiger partial charge >= 0.3 is 11.9 Å². The molecule has 29 heavy (non-hydrogen) atoms. The third kappa shape index (κ3) is 4.53. The number of ether oxygens (including phenoxy) is 2. The van der Waals surface area contributed by atoms with Crippen molar-refractivity contribution in [3.8, 4) is 0 Å². The fourth-order valence-electron chi connectivity index (χ4n) is 3.34. The molecule has 0 saturated heterocycles. The predicted molar refractivity (Wildman–Crippen MR) is 109 cm³/mol. The van der Waals surface area contributed by atoms with Crippen LogP contribution in [0.2, 0.25) is 5.02 Å². The Morgan fingerprint density at radius 3 is 2.34 bits per heavy atom. The van der Waals surface area contributed by atoms with Crippen molar-refractivity contribution >= 4 is 29.3 Å². The lowest BCUT2D eigenvalue weighted by molar-refractivity contribution is 0.0511. The minimum Gasteiger partial charge on any atom is -0.462 e. The van der Waals surface area contributed by atoms with E-state index in [1.165, 1.54) is 4.57 Å². The van der Waals surface area contributed by atoms with Crippen molar-refractivity contribution in [2.24, 2.45) is 0 Å². The number of ketones is 1. The lowest BCUT2D eigenvalue weighted by Crippen LogP contribution is -2.18. The van der Waals surface area contributed by atoms with Gasteiger partial charge in [0.25, 0.3) is 0 Å². The second kappa shape index (κ2) is 8.82. The molecule has 154 valence electrons. The number of aryl methyl sites for hydroxylation is 1. The molecule has 6 nitrogen and oxygen atoms in total. The van der Waals surface area contributed by atoms with Crippen molar-refractivity contribution in [1.82, 2.24) is 4.57 Å². The summed E-state index contributed by atoms with van der Waals surface area (Å²) in [5, 5.41) is 0.579. The van der Waals surface area contributed by atoms with E-state index in [4.69, 9.17) is 21.1 Å². The highest BCUT2D eigenvalue weighted by molar-refractivity contribution is 6.31. The fourth-order valence-corrected chi connectivity index (χ4v) is 3.46. The summed E-state index contributed by atoms with van der Waals surface area (Å²) >= 11 is 6.05. The molecular formula is C22H24ClNO5. The number of halogens is 1. The van der Waals surface area contributed by atoms with Crippen LogP contribution in [0.25, 0.3) is 0 Å². The lowest BCUT2D eigenvalue weighted by atomic mass is 10.1. The highest BCUT2D eigenvalue weighted by Crippen LogP contribution is 2.44. The van der Waals surface area contributed by atoms with E-state index in [0.717, 1.165) is 18.4 Å². The summed E-state index contributed by atoms with van der Waals surface area (Å²) in [6, 6.07) is 5.04. The van der Waals surface area contributed by atoms with Gasteiger partial charge in [-0.2, -0.15) is 0 Å². The largest absolute Gasteiger partial charge is 0.462 e. The second-order valence-electron chi connectivity index (χ2n) is 7.04. The number of Topliss-reactive ketones (excluding diaryl/α,β-unsaturated/α-hetero) is 1. The Morgan fingerprint density at radius 1 is 1.10 bits per heavy atom. The lowest BCUT2D eigenvalue weighted by Gasteiger charge is -2.11. The number of rotatable bonds is 8. The van der Waals surface area contributed by atoms with Gasteiger partial charge in [0.15, 0.2) is 5.78 Å². The molecular weight excluding hydrogens is 394 g/mol. The van der Waals surface area contributed by atoms with Crippen LogP contribution in [0.3, 0.4) is 0 Å². The topological polar surface area (TPSA) is 74.6 Å². The Bertz CT molecular complexity index is 958. The predicted octanol–water partition coefficient (Wildman–Crippen LogP) is 4.56. The van der Waals surface area contributed by atoms with E-state index in [2.05, 4.69) is 0 Å². The van der Waals surface area contributed by atoms with Crippen molar-refractivity contribution in [2.75, 3.05) is 13.2 Å². The first-order chi connectivity index (χ1) is 13.9. The third-order valence-electron chi connectivity index (χ3n) is 4.86. The van der Waals surface area contributed by atoms with Gasteiger partial charge < -0.3 is 14.0 Å². The quantitative estimate of drug-likeness (QED) is 0.464. The molecule has 0 spiro atoms. The number of hydrogen-bond acceptors (Lipinski definition) is 5. The molecule has 0 unspecified atom stereocenters. The molecule has 1 aliphatic carbocycles. The molecule has 0 N–H and O–H groups in total. The second-order valence-corrected chi connectivity index (χ2v) is 7.44. The van der Waals surface area contributed by atoms with Crippen molar-refractivity contribution in [3.63, 3.8) is 0 Å². The van der Waals surface area contributed by atoms with E-state index in [1.807, 2.05) is 6.92 Å². The van der Waals surface area contributed by atoms with Gasteiger partial charge in [0.2, 0.25) is 0 Å². The van der Waals surface area contributed by atoms with Crippen LogP contribution >= 0.6 is 11.6 Å². The van der Waals surface area contributed by atoms with Crippen molar-refractivity contribution in [3.05, 3.63) is 57.4 Å². The average Bonchev–Trinajstić information content (AvgIpc) is 3.45. The zero-order valence-corrected chi connectivity index (χ0v) is 17.5. The van der Waals surface area contributed by atoms with E-state index >= 15 is 0 Å². The van der Waals surface area contributed by atoms with Crippen molar-refractivity contribution < 1.29 is 23.9 Å². The molecule has 0 bridgehead atoms. The molecule has 7 heteroatoms. The first kappa shape index (κ1) is 21.1. The molecule has 1 heterocycles. The van der Waals surface area contributed by atoms with Gasteiger partial charge in [-0.15, -0.1) is 0 Å². The highest BCUT2D eigenvalue weighted by atomic mass is 35.5. The first-order valence-corrected chi connectivity index (χ1v) is 10.1. The molecule has 3 rings (SSSR count). The summed E-state index contributed by atoms with van der Waals surface area (Å²) in [5.74, 6) is -1.12. The molecule has 1 aromatic heterocycles. The molecule has 0 atom stereocenters. The fraction of sp³-hybridized carbons (Fsp3) is 0.409. The average molecular weight is 418 g/mol. The number of benzene rings is 1. The number of aromatic nitrogens is 1. The van der Waals surface area contributed by atoms with Crippen LogP contribution in [-0.2, 0) is 16.0 Å². The number of hydrogen-bond donors (Lipinski definition) is 0. The van der Waals surface area contributed by atoms with Gasteiger partial charge in [-0.3, -0.25) is 4.79 Å². The third-order valence-corrected chi connectivity index (χ3v) is 5.29. The standard InChI is InChI=1S/C22H24ClNO5/c1-4-28-21(26)16-11-24(12-18(25)15-8-9-17(23)13(3)10-15)20(22(27)29-5-2)19(16)14-6-7-14/h8-11,14H,4-7,12H2,1-3H3. The summed E-state index contributed by atoms with van der Waals surface area (Å²) in [4.78, 5) is 38.1. The van der Waals surface area contributed by atoms with Crippen LogP contribution in [-0.4, -0.2) is 35.5 Å². The van der Waals surface area contributed by atoms with Crippen molar-refractivity contribution in [1.29, 1.82) is 0 Å². The van der Waals surface area contributed by atoms with Crippen LogP contribution < -0.4 is 0 Å². The summed E-state index contributed by atoms with van der Waals surface area (Å²) in [6.45, 7) is 5.61. The number of carbonyl (C=O) groups is 3. The zero-order valence-electron chi connectivity index (χ0n) is 16.8. The summed E-state index contributed by atoms with van der Waals surface area (Å²) in [6.07, 6.45) is 3.30. The molecule has 1 saturated carbocycles. The van der Waals surface area contributed by atoms with Crippen LogP contribution in [0.4, 0.5) is 0 Å². The zero-order chi connectivity index (χ0) is 21.1. The first-order valence-electron chi connectivity index (χ1n) is 9.73. The highest BCUT2D eigenvalue weighted by Gasteiger charge is 2.37. The maximum Gasteiger partial charge on any atom is 0.355 e. The van der Waals surface area contributed by atoms with Crippen LogP contribution in [0.15, 0.2) is 24.4 Å². The smallest absolute Gasteiger partial charge is 0.355 e. The number of carbonyl (C=O) groups excluding carboxylic acids is 3. The summed E-state index contributed by atoms with van der Waals surface area (Å²) in [7, 11) is 0. The van der Waals surface area contributed by atoms with Gasteiger partial charge in [-0.1, -0.05) is 11.6 Å². The van der Waals surface area contributed by atoms with E-state index in [-0.39, 0.29) is 37.2 Å². The van der Waals surface area contributed by atoms with E-state index in [9.17, 15) is 14.4 Å². The molecule has 1 aliphatic rings. The molecule has 1 aromatic carbocycles. The molecule has 2 aromatic rings. The number of nitrogens with zero attached hydrogens (tertiary/aromatic N) is 1. The van der Waals surface area contributed by atoms with Crippen LogP contribution in [0.1, 0.15) is 74.9 Å². The molecule has 0 radical (unpaired) electrons.